The quantitative estimate of drug-likeness (QED) is 0.291. The molecule has 0 spiro atoms. The Bertz CT molecular complexity index is 1430. The smallest absolute Gasteiger partial charge is 0.283 e. The summed E-state index contributed by atoms with van der Waals surface area (Å²) < 4.78 is 26.9. The Labute approximate surface area is 231 Å². The Hall–Kier alpha value is -2.89. The number of ether oxygens (including phenoxy) is 4. The highest BCUT2D eigenvalue weighted by Gasteiger charge is 2.52. The summed E-state index contributed by atoms with van der Waals surface area (Å²) in [5.41, 5.74) is 1.02. The minimum atomic E-state index is -0.571. The first-order chi connectivity index (χ1) is 18.6. The van der Waals surface area contributed by atoms with Crippen molar-refractivity contribution >= 4 is 40.5 Å². The molecule has 194 valence electrons. The number of hydrogen-bond acceptors (Lipinski definition) is 10. The van der Waals surface area contributed by atoms with Gasteiger partial charge < -0.3 is 23.8 Å². The average Bonchev–Trinajstić information content (AvgIpc) is 3.65. The molecule has 3 unspecified atom stereocenters. The van der Waals surface area contributed by atoms with Crippen LogP contribution in [0.1, 0.15) is 17.9 Å². The SMILES string of the molecule is [C-]#[N+]c1ncc(Cl)cc1S[C@H]1OC2COC(c3ccccc3)O[C@@H]2[C@H](n2cc(-c3nccs3)nn2)C1OC. The number of aromatic nitrogens is 5. The molecule has 3 aromatic heterocycles. The standard InChI is InChI=1S/C25H21ClN6O4S2/c1-27-22-18(10-15(26)11-29-22)38-25-21(33-2)19(32-12-16(30-31-32)23-28-8-9-37-23)20-17(35-25)13-34-24(36-20)14-6-4-3-5-7-14/h3-12,17,19-21,24-25H,13H2,2H3/t17?,19-,20-,21?,24?,25+/m0/s1. The van der Waals surface area contributed by atoms with Crippen LogP contribution in [0.3, 0.4) is 0 Å². The molecular weight excluding hydrogens is 548 g/mol. The number of thioether (sulfide) groups is 1. The number of rotatable bonds is 6. The molecule has 38 heavy (non-hydrogen) atoms. The molecule has 0 radical (unpaired) electrons. The van der Waals surface area contributed by atoms with Crippen LogP contribution in [0.5, 0.6) is 0 Å². The van der Waals surface area contributed by atoms with Gasteiger partial charge in [0, 0.05) is 29.1 Å². The molecule has 5 heterocycles. The summed E-state index contributed by atoms with van der Waals surface area (Å²) in [6, 6.07) is 11.0. The lowest BCUT2D eigenvalue weighted by Gasteiger charge is -2.48. The van der Waals surface area contributed by atoms with Crippen molar-refractivity contribution in [3.8, 4) is 10.7 Å². The van der Waals surface area contributed by atoms with E-state index in [1.54, 1.807) is 24.1 Å². The van der Waals surface area contributed by atoms with Crippen molar-refractivity contribution in [2.24, 2.45) is 0 Å². The Kier molecular flexibility index (Phi) is 7.40. The van der Waals surface area contributed by atoms with Crippen LogP contribution in [0.4, 0.5) is 5.82 Å². The van der Waals surface area contributed by atoms with Crippen molar-refractivity contribution in [3.05, 3.63) is 82.4 Å². The second-order valence-corrected chi connectivity index (χ2v) is 11.0. The van der Waals surface area contributed by atoms with Gasteiger partial charge in [0.1, 0.15) is 46.7 Å². The lowest BCUT2D eigenvalue weighted by atomic mass is 9.96. The maximum Gasteiger partial charge on any atom is 0.283 e. The summed E-state index contributed by atoms with van der Waals surface area (Å²) >= 11 is 9.02. The van der Waals surface area contributed by atoms with Gasteiger partial charge in [-0.15, -0.1) is 33.2 Å². The summed E-state index contributed by atoms with van der Waals surface area (Å²) in [5, 5.41) is 11.9. The van der Waals surface area contributed by atoms with Crippen LogP contribution in [0, 0.1) is 6.57 Å². The largest absolute Gasteiger partial charge is 0.375 e. The third kappa shape index (κ3) is 4.94. The molecule has 6 atom stereocenters. The molecule has 6 rings (SSSR count). The Morgan fingerprint density at radius 3 is 2.87 bits per heavy atom. The third-order valence-corrected chi connectivity index (χ3v) is 8.44. The molecule has 2 fully saturated rings. The zero-order valence-corrected chi connectivity index (χ0v) is 22.3. The highest BCUT2D eigenvalue weighted by Crippen LogP contribution is 2.46. The van der Waals surface area contributed by atoms with Crippen LogP contribution in [0.25, 0.3) is 15.5 Å². The van der Waals surface area contributed by atoms with Crippen molar-refractivity contribution in [1.29, 1.82) is 0 Å². The van der Waals surface area contributed by atoms with Crippen molar-refractivity contribution in [2.45, 2.75) is 41.0 Å². The van der Waals surface area contributed by atoms with Gasteiger partial charge in [0.15, 0.2) is 6.29 Å². The molecule has 2 saturated heterocycles. The number of benzene rings is 1. The third-order valence-electron chi connectivity index (χ3n) is 6.27. The molecule has 0 amide bonds. The van der Waals surface area contributed by atoms with E-state index in [1.807, 2.05) is 41.9 Å². The first-order valence-electron chi connectivity index (χ1n) is 11.7. The van der Waals surface area contributed by atoms with E-state index in [2.05, 4.69) is 25.1 Å². The molecule has 10 nitrogen and oxygen atoms in total. The van der Waals surface area contributed by atoms with E-state index in [-0.39, 0.29) is 5.82 Å². The van der Waals surface area contributed by atoms with E-state index in [1.165, 1.54) is 29.3 Å². The molecule has 13 heteroatoms. The summed E-state index contributed by atoms with van der Waals surface area (Å²) in [6.45, 7) is 7.83. The maximum atomic E-state index is 7.53. The first-order valence-corrected chi connectivity index (χ1v) is 13.8. The molecular formula is C25H21ClN6O4S2. The first kappa shape index (κ1) is 25.4. The minimum Gasteiger partial charge on any atom is -0.375 e. The van der Waals surface area contributed by atoms with Crippen LogP contribution in [0.2, 0.25) is 5.02 Å². The Morgan fingerprint density at radius 1 is 1.24 bits per heavy atom. The minimum absolute atomic E-state index is 0.239. The van der Waals surface area contributed by atoms with Crippen molar-refractivity contribution in [2.75, 3.05) is 13.7 Å². The number of nitrogens with zero attached hydrogens (tertiary/aromatic N) is 6. The normalized spacial score (nSPS) is 27.0. The van der Waals surface area contributed by atoms with E-state index < -0.39 is 36.1 Å². The highest BCUT2D eigenvalue weighted by atomic mass is 35.5. The van der Waals surface area contributed by atoms with Gasteiger partial charge in [-0.1, -0.05) is 53.7 Å². The second-order valence-electron chi connectivity index (χ2n) is 8.54. The summed E-state index contributed by atoms with van der Waals surface area (Å²) in [5.74, 6) is 0.239. The maximum absolute atomic E-state index is 7.53. The summed E-state index contributed by atoms with van der Waals surface area (Å²) in [4.78, 5) is 12.7. The molecule has 0 aliphatic carbocycles. The Morgan fingerprint density at radius 2 is 2.11 bits per heavy atom. The van der Waals surface area contributed by atoms with E-state index in [0.29, 0.717) is 22.2 Å². The predicted octanol–water partition coefficient (Wildman–Crippen LogP) is 5.19. The fourth-order valence-electron chi connectivity index (χ4n) is 4.57. The lowest BCUT2D eigenvalue weighted by Crippen LogP contribution is -2.59. The predicted molar refractivity (Wildman–Crippen MR) is 141 cm³/mol. The van der Waals surface area contributed by atoms with Gasteiger partial charge in [0.05, 0.1) is 17.8 Å². The van der Waals surface area contributed by atoms with Gasteiger partial charge in [-0.2, -0.15) is 0 Å². The van der Waals surface area contributed by atoms with Crippen LogP contribution < -0.4 is 0 Å². The van der Waals surface area contributed by atoms with E-state index >= 15 is 0 Å². The van der Waals surface area contributed by atoms with Gasteiger partial charge in [0.25, 0.3) is 5.82 Å². The van der Waals surface area contributed by atoms with Crippen molar-refractivity contribution < 1.29 is 18.9 Å². The van der Waals surface area contributed by atoms with Gasteiger partial charge in [-0.25, -0.2) is 9.67 Å². The van der Waals surface area contributed by atoms with E-state index in [0.717, 1.165) is 10.6 Å². The monoisotopic (exact) mass is 568 g/mol. The van der Waals surface area contributed by atoms with Crippen LogP contribution in [-0.4, -0.2) is 62.4 Å². The number of thiazole rings is 1. The Balaban J connectivity index is 1.37. The van der Waals surface area contributed by atoms with Gasteiger partial charge in [0.2, 0.25) is 0 Å². The average molecular weight is 569 g/mol. The molecule has 0 bridgehead atoms. The van der Waals surface area contributed by atoms with Crippen LogP contribution in [-0.2, 0) is 18.9 Å². The number of fused-ring (bicyclic) bond motifs is 1. The van der Waals surface area contributed by atoms with Crippen molar-refractivity contribution in [3.63, 3.8) is 0 Å². The van der Waals surface area contributed by atoms with E-state index in [4.69, 9.17) is 37.1 Å². The number of methoxy groups -OCH3 is 1. The number of hydrogen-bond donors (Lipinski definition) is 0. The summed E-state index contributed by atoms with van der Waals surface area (Å²) in [6.07, 6.45) is 3.04. The zero-order valence-electron chi connectivity index (χ0n) is 20.0. The molecule has 2 aliphatic rings. The fraction of sp³-hybridized carbons (Fsp3) is 0.320. The molecule has 0 saturated carbocycles. The van der Waals surface area contributed by atoms with Crippen molar-refractivity contribution in [1.82, 2.24) is 25.0 Å². The summed E-state index contributed by atoms with van der Waals surface area (Å²) in [7, 11) is 1.62. The highest BCUT2D eigenvalue weighted by molar-refractivity contribution is 8.00. The molecule has 4 aromatic rings. The molecule has 1 aromatic carbocycles. The van der Waals surface area contributed by atoms with Gasteiger partial charge in [-0.05, 0) is 6.07 Å². The van der Waals surface area contributed by atoms with Gasteiger partial charge in [-0.3, -0.25) is 0 Å². The van der Waals surface area contributed by atoms with E-state index in [9.17, 15) is 0 Å². The number of pyridine rings is 1. The second kappa shape index (κ2) is 11.1. The number of halogens is 1. The molecule has 0 N–H and O–H groups in total. The lowest BCUT2D eigenvalue weighted by molar-refractivity contribution is -0.308. The van der Waals surface area contributed by atoms with Crippen LogP contribution >= 0.6 is 34.7 Å². The van der Waals surface area contributed by atoms with Gasteiger partial charge >= 0.3 is 0 Å². The van der Waals surface area contributed by atoms with Crippen LogP contribution in [0.15, 0.2) is 65.3 Å². The topological polar surface area (TPSA) is 97.8 Å². The fourth-order valence-corrected chi connectivity index (χ4v) is 6.64. The molecule has 2 aliphatic heterocycles. The zero-order chi connectivity index (χ0) is 26.1.